The number of amides is 1. The van der Waals surface area contributed by atoms with Crippen LogP contribution in [0.1, 0.15) is 22.6 Å². The zero-order valence-corrected chi connectivity index (χ0v) is 20.6. The maximum atomic E-state index is 13.0. The Morgan fingerprint density at radius 1 is 1.12 bits per heavy atom. The van der Waals surface area contributed by atoms with Gasteiger partial charge < -0.3 is 14.4 Å². The zero-order valence-electron chi connectivity index (χ0n) is 18.9. The summed E-state index contributed by atoms with van der Waals surface area (Å²) in [6.45, 7) is 2.30. The minimum Gasteiger partial charge on any atom is -0.493 e. The Bertz CT molecular complexity index is 1350. The molecular formula is C23H24N4O5S2. The van der Waals surface area contributed by atoms with Crippen LogP contribution in [0.5, 0.6) is 11.5 Å². The molecule has 1 aliphatic rings. The van der Waals surface area contributed by atoms with Crippen molar-refractivity contribution in [1.29, 1.82) is 0 Å². The topological polar surface area (TPSA) is 111 Å². The molecule has 34 heavy (non-hydrogen) atoms. The smallest absolute Gasteiger partial charge is 0.263 e. The number of carbonyl (C=O) groups excluding carboxylic acids is 1. The number of nitrogens with one attached hydrogen (secondary N) is 1. The number of hydrogen-bond donors (Lipinski definition) is 1. The van der Waals surface area contributed by atoms with Crippen molar-refractivity contribution in [3.63, 3.8) is 0 Å². The van der Waals surface area contributed by atoms with E-state index in [1.54, 1.807) is 56.4 Å². The third-order valence-corrected chi connectivity index (χ3v) is 7.54. The van der Waals surface area contributed by atoms with E-state index in [4.69, 9.17) is 9.47 Å². The monoisotopic (exact) mass is 500 g/mol. The lowest BCUT2D eigenvalue weighted by molar-refractivity contribution is -0.114. The van der Waals surface area contributed by atoms with Crippen LogP contribution in [0.15, 0.2) is 47.4 Å². The fourth-order valence-electron chi connectivity index (χ4n) is 3.70. The fourth-order valence-corrected chi connectivity index (χ4v) is 5.57. The van der Waals surface area contributed by atoms with Gasteiger partial charge in [-0.3, -0.25) is 9.52 Å². The van der Waals surface area contributed by atoms with Gasteiger partial charge in [-0.05, 0) is 67.3 Å². The van der Waals surface area contributed by atoms with Crippen molar-refractivity contribution in [1.82, 2.24) is 10.2 Å². The Labute approximate surface area is 202 Å². The number of fused-ring (bicyclic) bond motifs is 1. The highest BCUT2D eigenvalue weighted by Crippen LogP contribution is 2.31. The van der Waals surface area contributed by atoms with Crippen LogP contribution in [0.4, 0.5) is 10.8 Å². The third kappa shape index (κ3) is 5.05. The summed E-state index contributed by atoms with van der Waals surface area (Å²) in [5.74, 6) is 0.998. The van der Waals surface area contributed by atoms with Gasteiger partial charge in [0.25, 0.3) is 15.9 Å². The predicted molar refractivity (Wildman–Crippen MR) is 131 cm³/mol. The Morgan fingerprint density at radius 3 is 2.62 bits per heavy atom. The molecule has 9 nitrogen and oxygen atoms in total. The van der Waals surface area contributed by atoms with E-state index in [0.717, 1.165) is 28.9 Å². The molecule has 0 unspecified atom stereocenters. The van der Waals surface area contributed by atoms with Gasteiger partial charge >= 0.3 is 0 Å². The van der Waals surface area contributed by atoms with Gasteiger partial charge in [-0.2, -0.15) is 0 Å². The molecule has 0 saturated carbocycles. The van der Waals surface area contributed by atoms with E-state index in [0.29, 0.717) is 35.2 Å². The Balaban J connectivity index is 1.54. The molecule has 1 aromatic heterocycles. The molecule has 11 heteroatoms. The molecule has 178 valence electrons. The summed E-state index contributed by atoms with van der Waals surface area (Å²) < 4.78 is 38.6. The van der Waals surface area contributed by atoms with Crippen LogP contribution in [0.3, 0.4) is 0 Å². The molecule has 4 rings (SSSR count). The van der Waals surface area contributed by atoms with Crippen LogP contribution in [0.2, 0.25) is 0 Å². The van der Waals surface area contributed by atoms with Crippen LogP contribution in [-0.2, 0) is 21.2 Å². The van der Waals surface area contributed by atoms with Crippen LogP contribution in [0.25, 0.3) is 6.08 Å². The number of benzene rings is 2. The lowest BCUT2D eigenvalue weighted by atomic mass is 10.0. The molecule has 0 spiro atoms. The van der Waals surface area contributed by atoms with E-state index in [1.807, 2.05) is 6.07 Å². The van der Waals surface area contributed by atoms with E-state index >= 15 is 0 Å². The first-order valence-corrected chi connectivity index (χ1v) is 12.8. The lowest BCUT2D eigenvalue weighted by Crippen LogP contribution is -2.34. The summed E-state index contributed by atoms with van der Waals surface area (Å²) in [6, 6.07) is 10.2. The second-order valence-corrected chi connectivity index (χ2v) is 10.4. The molecule has 0 fully saturated rings. The minimum absolute atomic E-state index is 0.120. The average molecular weight is 501 g/mol. The number of aromatic nitrogens is 2. The molecule has 0 radical (unpaired) electrons. The standard InChI is InChI=1S/C23H24N4O5S2/c1-15-24-25-23(33-15)26-34(29,30)18-8-9-19-17(14-18)5-4-12-27(19)22(28)11-7-16-6-10-20(31-2)21(13-16)32-3/h6-11,13-14H,4-5,12H2,1-3H3,(H,25,26)/b11-7+. The molecule has 2 aromatic carbocycles. The molecule has 0 aliphatic carbocycles. The number of sulfonamides is 1. The Hall–Kier alpha value is -3.44. The molecule has 1 aliphatic heterocycles. The first kappa shape index (κ1) is 23.7. The molecule has 2 heterocycles. The second-order valence-electron chi connectivity index (χ2n) is 7.56. The number of anilines is 2. The summed E-state index contributed by atoms with van der Waals surface area (Å²) in [4.78, 5) is 14.8. The van der Waals surface area contributed by atoms with Crippen LogP contribution < -0.4 is 19.1 Å². The number of hydrogen-bond acceptors (Lipinski definition) is 8. The lowest BCUT2D eigenvalue weighted by Gasteiger charge is -2.29. The number of aryl methyl sites for hydroxylation is 2. The highest BCUT2D eigenvalue weighted by atomic mass is 32.2. The summed E-state index contributed by atoms with van der Waals surface area (Å²) in [6.07, 6.45) is 4.63. The van der Waals surface area contributed by atoms with Gasteiger partial charge in [-0.25, -0.2) is 8.42 Å². The second kappa shape index (κ2) is 9.82. The average Bonchev–Trinajstić information content (AvgIpc) is 3.25. The normalized spacial score (nSPS) is 13.6. The van der Waals surface area contributed by atoms with Gasteiger partial charge in [-0.15, -0.1) is 10.2 Å². The van der Waals surface area contributed by atoms with Gasteiger partial charge in [0.2, 0.25) is 5.13 Å². The van der Waals surface area contributed by atoms with Crippen LogP contribution in [-0.4, -0.2) is 45.3 Å². The molecule has 0 saturated heterocycles. The minimum atomic E-state index is -3.81. The first-order chi connectivity index (χ1) is 16.3. The Morgan fingerprint density at radius 2 is 1.91 bits per heavy atom. The number of carbonyl (C=O) groups is 1. The highest BCUT2D eigenvalue weighted by molar-refractivity contribution is 7.93. The summed E-state index contributed by atoms with van der Waals surface area (Å²) in [7, 11) is -0.692. The van der Waals surface area contributed by atoms with Gasteiger partial charge in [-0.1, -0.05) is 17.4 Å². The maximum absolute atomic E-state index is 13.0. The van der Waals surface area contributed by atoms with Crippen molar-refractivity contribution in [3.8, 4) is 11.5 Å². The number of methoxy groups -OCH3 is 2. The fraction of sp³-hybridized carbons (Fsp3) is 0.261. The summed E-state index contributed by atoms with van der Waals surface area (Å²) >= 11 is 1.16. The summed E-state index contributed by atoms with van der Waals surface area (Å²) in [5, 5.41) is 8.53. The predicted octanol–water partition coefficient (Wildman–Crippen LogP) is 3.66. The highest BCUT2D eigenvalue weighted by Gasteiger charge is 2.24. The Kier molecular flexibility index (Phi) is 6.85. The molecule has 1 N–H and O–H groups in total. The summed E-state index contributed by atoms with van der Waals surface area (Å²) in [5.41, 5.74) is 2.30. The van der Waals surface area contributed by atoms with E-state index in [1.165, 1.54) is 12.1 Å². The number of rotatable bonds is 7. The molecule has 0 bridgehead atoms. The maximum Gasteiger partial charge on any atom is 0.263 e. The van der Waals surface area contributed by atoms with Crippen molar-refractivity contribution in [2.75, 3.05) is 30.4 Å². The quantitative estimate of drug-likeness (QED) is 0.493. The largest absolute Gasteiger partial charge is 0.493 e. The SMILES string of the molecule is COc1ccc(/C=C/C(=O)N2CCCc3cc(S(=O)(=O)Nc4nnc(C)s4)ccc32)cc1OC. The van der Waals surface area contributed by atoms with Crippen molar-refractivity contribution in [2.24, 2.45) is 0 Å². The van der Waals surface area contributed by atoms with E-state index < -0.39 is 10.0 Å². The van der Waals surface area contributed by atoms with Crippen molar-refractivity contribution in [2.45, 2.75) is 24.7 Å². The molecule has 0 atom stereocenters. The third-order valence-electron chi connectivity index (χ3n) is 5.32. The number of ether oxygens (including phenoxy) is 2. The first-order valence-electron chi connectivity index (χ1n) is 10.5. The van der Waals surface area contributed by atoms with Crippen molar-refractivity contribution < 1.29 is 22.7 Å². The number of nitrogens with zero attached hydrogens (tertiary/aromatic N) is 3. The van der Waals surface area contributed by atoms with Crippen LogP contribution in [0, 0.1) is 6.92 Å². The van der Waals surface area contributed by atoms with E-state index in [2.05, 4.69) is 14.9 Å². The zero-order chi connectivity index (χ0) is 24.3. The van der Waals surface area contributed by atoms with Crippen molar-refractivity contribution >= 4 is 44.2 Å². The molecule has 1 amide bonds. The molecule has 3 aromatic rings. The van der Waals surface area contributed by atoms with Gasteiger partial charge in [0.15, 0.2) is 11.5 Å². The van der Waals surface area contributed by atoms with Gasteiger partial charge in [0, 0.05) is 18.3 Å². The molecular weight excluding hydrogens is 476 g/mol. The van der Waals surface area contributed by atoms with E-state index in [9.17, 15) is 13.2 Å². The van der Waals surface area contributed by atoms with Crippen molar-refractivity contribution in [3.05, 3.63) is 58.6 Å². The van der Waals surface area contributed by atoms with Crippen LogP contribution >= 0.6 is 11.3 Å². The van der Waals surface area contributed by atoms with E-state index in [-0.39, 0.29) is 15.9 Å². The van der Waals surface area contributed by atoms with Gasteiger partial charge in [0.1, 0.15) is 5.01 Å². The van der Waals surface area contributed by atoms with Gasteiger partial charge in [0.05, 0.1) is 19.1 Å².